The van der Waals surface area contributed by atoms with E-state index in [9.17, 15) is 13.2 Å². The van der Waals surface area contributed by atoms with E-state index in [1.807, 2.05) is 36.7 Å². The molecule has 2 rings (SSSR count). The number of ether oxygens (including phenoxy) is 1. The Hall–Kier alpha value is -1.98. The van der Waals surface area contributed by atoms with Crippen molar-refractivity contribution in [2.24, 2.45) is 0 Å². The highest BCUT2D eigenvalue weighted by Crippen LogP contribution is 2.35. The number of methoxy groups -OCH3 is 1. The van der Waals surface area contributed by atoms with Crippen LogP contribution in [0.15, 0.2) is 18.2 Å². The third-order valence-corrected chi connectivity index (χ3v) is 4.37. The SMILES string of the molecule is CCc1nn(CC)c(-c2ccc(CCCC(F)(F)F)cc2OC)c1C. The van der Waals surface area contributed by atoms with Crippen LogP contribution in [0.2, 0.25) is 0 Å². The molecule has 0 aliphatic heterocycles. The molecule has 0 saturated heterocycles. The number of hydrogen-bond acceptors (Lipinski definition) is 2. The van der Waals surface area contributed by atoms with Gasteiger partial charge in [0.1, 0.15) is 5.75 Å². The van der Waals surface area contributed by atoms with Crippen molar-refractivity contribution in [3.8, 4) is 17.0 Å². The number of aryl methyl sites for hydroxylation is 3. The summed E-state index contributed by atoms with van der Waals surface area (Å²) in [6.45, 7) is 6.89. The lowest BCUT2D eigenvalue weighted by Crippen LogP contribution is -2.07. The van der Waals surface area contributed by atoms with Crippen LogP contribution in [0.5, 0.6) is 5.75 Å². The summed E-state index contributed by atoms with van der Waals surface area (Å²) in [5, 5.41) is 4.63. The molecule has 0 spiro atoms. The molecule has 1 aromatic carbocycles. The number of nitrogens with zero attached hydrogens (tertiary/aromatic N) is 2. The Labute approximate surface area is 146 Å². The number of alkyl halides is 3. The highest BCUT2D eigenvalue weighted by Gasteiger charge is 2.26. The predicted molar refractivity (Wildman–Crippen MR) is 93.0 cm³/mol. The van der Waals surface area contributed by atoms with Crippen LogP contribution in [0, 0.1) is 6.92 Å². The largest absolute Gasteiger partial charge is 0.496 e. The van der Waals surface area contributed by atoms with Gasteiger partial charge in [0.25, 0.3) is 0 Å². The van der Waals surface area contributed by atoms with Crippen molar-refractivity contribution < 1.29 is 17.9 Å². The van der Waals surface area contributed by atoms with Gasteiger partial charge >= 0.3 is 6.18 Å². The lowest BCUT2D eigenvalue weighted by Gasteiger charge is -2.13. The van der Waals surface area contributed by atoms with Crippen LogP contribution >= 0.6 is 0 Å². The molecule has 2 aromatic rings. The Morgan fingerprint density at radius 3 is 2.48 bits per heavy atom. The first-order chi connectivity index (χ1) is 11.8. The van der Waals surface area contributed by atoms with E-state index in [4.69, 9.17) is 4.74 Å². The summed E-state index contributed by atoms with van der Waals surface area (Å²) in [6.07, 6.45) is -3.56. The van der Waals surface area contributed by atoms with Crippen LogP contribution in [-0.2, 0) is 19.4 Å². The summed E-state index contributed by atoms with van der Waals surface area (Å²) in [4.78, 5) is 0. The molecular formula is C19H25F3N2O. The molecular weight excluding hydrogens is 329 g/mol. The van der Waals surface area contributed by atoms with Gasteiger partial charge < -0.3 is 4.74 Å². The minimum atomic E-state index is -4.11. The Balaban J connectivity index is 2.33. The van der Waals surface area contributed by atoms with Gasteiger partial charge in [-0.2, -0.15) is 18.3 Å². The van der Waals surface area contributed by atoms with E-state index in [0.29, 0.717) is 12.2 Å². The molecule has 3 nitrogen and oxygen atoms in total. The van der Waals surface area contributed by atoms with E-state index in [1.165, 1.54) is 0 Å². The second-order valence-electron chi connectivity index (χ2n) is 6.09. The highest BCUT2D eigenvalue weighted by molar-refractivity contribution is 5.71. The molecule has 0 saturated carbocycles. The van der Waals surface area contributed by atoms with Gasteiger partial charge in [-0.25, -0.2) is 0 Å². The first kappa shape index (κ1) is 19.3. The van der Waals surface area contributed by atoms with Crippen molar-refractivity contribution in [3.63, 3.8) is 0 Å². The predicted octanol–water partition coefficient (Wildman–Crippen LogP) is 5.33. The normalized spacial score (nSPS) is 11.8. The van der Waals surface area contributed by atoms with Crippen LogP contribution < -0.4 is 4.74 Å². The van der Waals surface area contributed by atoms with Crippen LogP contribution in [0.1, 0.15) is 43.5 Å². The molecule has 0 aliphatic carbocycles. The van der Waals surface area contributed by atoms with Crippen LogP contribution in [0.25, 0.3) is 11.3 Å². The minimum absolute atomic E-state index is 0.0813. The molecule has 1 aromatic heterocycles. The number of halogens is 3. The molecule has 6 heteroatoms. The van der Waals surface area contributed by atoms with E-state index in [2.05, 4.69) is 12.0 Å². The maximum Gasteiger partial charge on any atom is 0.389 e. The van der Waals surface area contributed by atoms with E-state index >= 15 is 0 Å². The zero-order valence-corrected chi connectivity index (χ0v) is 15.2. The molecule has 0 aliphatic rings. The van der Waals surface area contributed by atoms with Gasteiger partial charge in [-0.05, 0) is 56.4 Å². The van der Waals surface area contributed by atoms with Gasteiger partial charge in [0, 0.05) is 18.5 Å². The molecule has 0 radical (unpaired) electrons. The van der Waals surface area contributed by atoms with Crippen molar-refractivity contribution in [2.75, 3.05) is 7.11 Å². The monoisotopic (exact) mass is 354 g/mol. The van der Waals surface area contributed by atoms with Crippen molar-refractivity contribution in [2.45, 2.75) is 59.2 Å². The van der Waals surface area contributed by atoms with Crippen LogP contribution in [-0.4, -0.2) is 23.1 Å². The average molecular weight is 354 g/mol. The summed E-state index contributed by atoms with van der Waals surface area (Å²) in [5.74, 6) is 0.671. The van der Waals surface area contributed by atoms with Gasteiger partial charge in [-0.3, -0.25) is 4.68 Å². The number of aromatic nitrogens is 2. The minimum Gasteiger partial charge on any atom is -0.496 e. The number of hydrogen-bond donors (Lipinski definition) is 0. The van der Waals surface area contributed by atoms with Crippen molar-refractivity contribution in [1.82, 2.24) is 9.78 Å². The fraction of sp³-hybridized carbons (Fsp3) is 0.526. The summed E-state index contributed by atoms with van der Waals surface area (Å²) in [6, 6.07) is 5.65. The fourth-order valence-corrected chi connectivity index (χ4v) is 3.09. The maximum atomic E-state index is 12.3. The smallest absolute Gasteiger partial charge is 0.389 e. The molecule has 0 N–H and O–H groups in total. The summed E-state index contributed by atoms with van der Waals surface area (Å²) >= 11 is 0. The molecule has 25 heavy (non-hydrogen) atoms. The average Bonchev–Trinajstić information content (AvgIpc) is 2.89. The molecule has 0 atom stereocenters. The Morgan fingerprint density at radius 1 is 1.20 bits per heavy atom. The lowest BCUT2D eigenvalue weighted by molar-refractivity contribution is -0.135. The zero-order valence-electron chi connectivity index (χ0n) is 15.2. The third kappa shape index (κ3) is 4.55. The van der Waals surface area contributed by atoms with Gasteiger partial charge in [0.15, 0.2) is 0 Å². The Kier molecular flexibility index (Phi) is 6.14. The molecule has 0 fully saturated rings. The van der Waals surface area contributed by atoms with Gasteiger partial charge in [-0.15, -0.1) is 0 Å². The van der Waals surface area contributed by atoms with Gasteiger partial charge in [-0.1, -0.05) is 13.0 Å². The quantitative estimate of drug-likeness (QED) is 0.671. The highest BCUT2D eigenvalue weighted by atomic mass is 19.4. The first-order valence-electron chi connectivity index (χ1n) is 8.61. The van der Waals surface area contributed by atoms with Crippen LogP contribution in [0.3, 0.4) is 0 Å². The van der Waals surface area contributed by atoms with E-state index < -0.39 is 12.6 Å². The van der Waals surface area contributed by atoms with Crippen LogP contribution in [0.4, 0.5) is 13.2 Å². The Morgan fingerprint density at radius 2 is 1.92 bits per heavy atom. The summed E-state index contributed by atoms with van der Waals surface area (Å²) < 4.78 is 44.4. The molecule has 1 heterocycles. The van der Waals surface area contributed by atoms with E-state index in [-0.39, 0.29) is 6.42 Å². The first-order valence-corrected chi connectivity index (χ1v) is 8.61. The van der Waals surface area contributed by atoms with Crippen molar-refractivity contribution in [3.05, 3.63) is 35.0 Å². The molecule has 0 amide bonds. The van der Waals surface area contributed by atoms with Crippen molar-refractivity contribution >= 4 is 0 Å². The number of benzene rings is 1. The standard InChI is InChI=1S/C19H25F3N2O/c1-5-16-13(3)18(24(6-2)23-16)15-10-9-14(12-17(15)25-4)8-7-11-19(20,21)22/h9-10,12H,5-8,11H2,1-4H3. The molecule has 138 valence electrons. The second-order valence-corrected chi connectivity index (χ2v) is 6.09. The van der Waals surface area contributed by atoms with E-state index in [0.717, 1.165) is 41.0 Å². The fourth-order valence-electron chi connectivity index (χ4n) is 3.09. The lowest BCUT2D eigenvalue weighted by atomic mass is 10.0. The summed E-state index contributed by atoms with van der Waals surface area (Å²) in [7, 11) is 1.58. The maximum absolute atomic E-state index is 12.3. The van der Waals surface area contributed by atoms with Gasteiger partial charge in [0.05, 0.1) is 18.5 Å². The van der Waals surface area contributed by atoms with Gasteiger partial charge in [0.2, 0.25) is 0 Å². The topological polar surface area (TPSA) is 27.1 Å². The molecule has 0 unspecified atom stereocenters. The molecule has 0 bridgehead atoms. The Bertz CT molecular complexity index is 720. The third-order valence-electron chi connectivity index (χ3n) is 4.37. The van der Waals surface area contributed by atoms with E-state index in [1.54, 1.807) is 7.11 Å². The zero-order chi connectivity index (χ0) is 18.6. The van der Waals surface area contributed by atoms with Crippen molar-refractivity contribution in [1.29, 1.82) is 0 Å². The summed E-state index contributed by atoms with van der Waals surface area (Å²) in [5.41, 5.74) is 4.95. The second kappa shape index (κ2) is 7.93. The number of rotatable bonds is 7.